The largest absolute Gasteiger partial charge is 0.342 e. The molecule has 0 spiro atoms. The Bertz CT molecular complexity index is 352. The highest BCUT2D eigenvalue weighted by atomic mass is 16.2. The molecule has 1 N–H and O–H groups in total. The summed E-state index contributed by atoms with van der Waals surface area (Å²) in [6, 6.07) is -0.535. The molecule has 1 fully saturated rings. The number of amides is 2. The maximum atomic E-state index is 12.7. The normalized spacial score (nSPS) is 25.3. The Balaban J connectivity index is 2.94. The number of nitrogens with one attached hydrogen (secondary N) is 1. The first-order chi connectivity index (χ1) is 9.27. The molecule has 1 rings (SSSR count). The molecular weight excluding hydrogens is 252 g/mol. The van der Waals surface area contributed by atoms with Crippen molar-refractivity contribution in [2.45, 2.75) is 78.9 Å². The van der Waals surface area contributed by atoms with Crippen LogP contribution in [-0.2, 0) is 9.59 Å². The van der Waals surface area contributed by atoms with Gasteiger partial charge >= 0.3 is 0 Å². The first-order valence-electron chi connectivity index (χ1n) is 7.90. The van der Waals surface area contributed by atoms with Crippen LogP contribution in [0.2, 0.25) is 0 Å². The lowest BCUT2D eigenvalue weighted by atomic mass is 9.94. The van der Waals surface area contributed by atoms with Crippen LogP contribution in [0.25, 0.3) is 0 Å². The average Bonchev–Trinajstić information content (AvgIpc) is 2.31. The number of carbonyl (C=O) groups is 2. The summed E-state index contributed by atoms with van der Waals surface area (Å²) in [5, 5.41) is 2.91. The highest BCUT2D eigenvalue weighted by Crippen LogP contribution is 2.23. The van der Waals surface area contributed by atoms with E-state index in [2.05, 4.69) is 39.9 Å². The fourth-order valence-corrected chi connectivity index (χ4v) is 3.12. The van der Waals surface area contributed by atoms with Crippen molar-refractivity contribution in [2.75, 3.05) is 0 Å². The number of nitrogens with zero attached hydrogens (tertiary/aromatic N) is 1. The summed E-state index contributed by atoms with van der Waals surface area (Å²) in [5.41, 5.74) is 0. The van der Waals surface area contributed by atoms with Crippen molar-refractivity contribution < 1.29 is 9.59 Å². The van der Waals surface area contributed by atoms with Gasteiger partial charge in [-0.1, -0.05) is 34.6 Å². The van der Waals surface area contributed by atoms with E-state index >= 15 is 0 Å². The van der Waals surface area contributed by atoms with Crippen LogP contribution < -0.4 is 5.32 Å². The Morgan fingerprint density at radius 3 is 2.15 bits per heavy atom. The van der Waals surface area contributed by atoms with Crippen LogP contribution in [0.4, 0.5) is 0 Å². The van der Waals surface area contributed by atoms with Gasteiger partial charge in [0.25, 0.3) is 0 Å². The zero-order valence-corrected chi connectivity index (χ0v) is 13.8. The SMILES string of the molecule is CCC1C(=O)NC(CC(C)C)C(=O)N1C(C)CC(C)C. The van der Waals surface area contributed by atoms with Gasteiger partial charge in [-0.25, -0.2) is 0 Å². The molecule has 4 nitrogen and oxygen atoms in total. The van der Waals surface area contributed by atoms with Gasteiger partial charge < -0.3 is 10.2 Å². The van der Waals surface area contributed by atoms with Crippen molar-refractivity contribution in [1.29, 1.82) is 0 Å². The Morgan fingerprint density at radius 1 is 1.10 bits per heavy atom. The maximum absolute atomic E-state index is 12.7. The van der Waals surface area contributed by atoms with Gasteiger partial charge in [0.2, 0.25) is 11.8 Å². The van der Waals surface area contributed by atoms with Gasteiger partial charge in [-0.05, 0) is 38.0 Å². The lowest BCUT2D eigenvalue weighted by Gasteiger charge is -2.43. The Labute approximate surface area is 123 Å². The molecule has 0 aromatic heterocycles. The number of hydrogen-bond acceptors (Lipinski definition) is 2. The van der Waals surface area contributed by atoms with E-state index in [1.54, 1.807) is 0 Å². The molecule has 0 aliphatic carbocycles. The molecule has 1 aliphatic heterocycles. The van der Waals surface area contributed by atoms with Crippen molar-refractivity contribution in [2.24, 2.45) is 11.8 Å². The second-order valence-corrected chi connectivity index (χ2v) is 6.84. The number of hydrogen-bond donors (Lipinski definition) is 1. The van der Waals surface area contributed by atoms with E-state index in [-0.39, 0.29) is 29.9 Å². The summed E-state index contributed by atoms with van der Waals surface area (Å²) in [7, 11) is 0. The Kier molecular flexibility index (Phi) is 6.03. The molecule has 3 atom stereocenters. The molecule has 1 heterocycles. The molecule has 0 bridgehead atoms. The van der Waals surface area contributed by atoms with Crippen LogP contribution in [0, 0.1) is 11.8 Å². The lowest BCUT2D eigenvalue weighted by molar-refractivity contribution is -0.152. The first kappa shape index (κ1) is 17.0. The van der Waals surface area contributed by atoms with Gasteiger partial charge in [0, 0.05) is 6.04 Å². The molecule has 2 amide bonds. The quantitative estimate of drug-likeness (QED) is 0.814. The molecule has 3 unspecified atom stereocenters. The summed E-state index contributed by atoms with van der Waals surface area (Å²) in [6.45, 7) is 12.5. The van der Waals surface area contributed by atoms with E-state index < -0.39 is 0 Å². The topological polar surface area (TPSA) is 49.4 Å². The molecule has 0 aromatic rings. The molecule has 0 aromatic carbocycles. The second kappa shape index (κ2) is 7.09. The summed E-state index contributed by atoms with van der Waals surface area (Å²) in [6.07, 6.45) is 2.32. The second-order valence-electron chi connectivity index (χ2n) is 6.84. The summed E-state index contributed by atoms with van der Waals surface area (Å²) >= 11 is 0. The zero-order valence-electron chi connectivity index (χ0n) is 13.8. The summed E-state index contributed by atoms with van der Waals surface area (Å²) in [5.74, 6) is 1.01. The molecule has 4 heteroatoms. The highest BCUT2D eigenvalue weighted by Gasteiger charge is 2.41. The maximum Gasteiger partial charge on any atom is 0.246 e. The predicted molar refractivity (Wildman–Crippen MR) is 81.2 cm³/mol. The van der Waals surface area contributed by atoms with Crippen molar-refractivity contribution in [1.82, 2.24) is 10.2 Å². The minimum Gasteiger partial charge on any atom is -0.342 e. The van der Waals surface area contributed by atoms with E-state index in [4.69, 9.17) is 0 Å². The molecular formula is C16H30N2O2. The zero-order chi connectivity index (χ0) is 15.4. The van der Waals surface area contributed by atoms with E-state index in [1.807, 2.05) is 11.8 Å². The standard InChI is InChI=1S/C16H30N2O2/c1-7-14-15(19)17-13(9-11(4)5)16(20)18(14)12(6)8-10(2)3/h10-14H,7-9H2,1-6H3,(H,17,19). The molecule has 116 valence electrons. The number of carbonyl (C=O) groups excluding carboxylic acids is 2. The summed E-state index contributed by atoms with van der Waals surface area (Å²) in [4.78, 5) is 26.8. The van der Waals surface area contributed by atoms with Crippen molar-refractivity contribution in [3.8, 4) is 0 Å². The van der Waals surface area contributed by atoms with E-state index in [0.717, 1.165) is 6.42 Å². The predicted octanol–water partition coefficient (Wildman–Crippen LogP) is 2.57. The van der Waals surface area contributed by atoms with Crippen LogP contribution in [0.15, 0.2) is 0 Å². The molecule has 20 heavy (non-hydrogen) atoms. The van der Waals surface area contributed by atoms with E-state index in [1.165, 1.54) is 0 Å². The molecule has 1 saturated heterocycles. The van der Waals surface area contributed by atoms with Gasteiger partial charge in [0.15, 0.2) is 0 Å². The van der Waals surface area contributed by atoms with Gasteiger partial charge in [0.05, 0.1) is 0 Å². The van der Waals surface area contributed by atoms with E-state index in [0.29, 0.717) is 24.7 Å². The van der Waals surface area contributed by atoms with Crippen molar-refractivity contribution in [3.05, 3.63) is 0 Å². The third kappa shape index (κ3) is 3.97. The Hall–Kier alpha value is -1.06. The Morgan fingerprint density at radius 2 is 1.70 bits per heavy atom. The molecule has 1 aliphatic rings. The van der Waals surface area contributed by atoms with Gasteiger partial charge in [-0.2, -0.15) is 0 Å². The lowest BCUT2D eigenvalue weighted by Crippen LogP contribution is -2.65. The molecule has 0 saturated carbocycles. The minimum absolute atomic E-state index is 0.00774. The monoisotopic (exact) mass is 282 g/mol. The smallest absolute Gasteiger partial charge is 0.246 e. The van der Waals surface area contributed by atoms with Crippen LogP contribution in [-0.4, -0.2) is 34.8 Å². The molecule has 0 radical (unpaired) electrons. The average molecular weight is 282 g/mol. The van der Waals surface area contributed by atoms with Gasteiger partial charge in [-0.3, -0.25) is 9.59 Å². The summed E-state index contributed by atoms with van der Waals surface area (Å²) < 4.78 is 0. The first-order valence-corrected chi connectivity index (χ1v) is 7.90. The van der Waals surface area contributed by atoms with Crippen molar-refractivity contribution in [3.63, 3.8) is 0 Å². The van der Waals surface area contributed by atoms with E-state index in [9.17, 15) is 9.59 Å². The van der Waals surface area contributed by atoms with Gasteiger partial charge in [0.1, 0.15) is 12.1 Å². The minimum atomic E-state index is -0.347. The third-order valence-electron chi connectivity index (χ3n) is 3.89. The van der Waals surface area contributed by atoms with Crippen LogP contribution >= 0.6 is 0 Å². The van der Waals surface area contributed by atoms with Crippen LogP contribution in [0.1, 0.15) is 60.8 Å². The fraction of sp³-hybridized carbons (Fsp3) is 0.875. The highest BCUT2D eigenvalue weighted by molar-refractivity contribution is 5.97. The van der Waals surface area contributed by atoms with Crippen LogP contribution in [0.5, 0.6) is 0 Å². The van der Waals surface area contributed by atoms with Crippen molar-refractivity contribution >= 4 is 11.8 Å². The third-order valence-corrected chi connectivity index (χ3v) is 3.89. The number of rotatable bonds is 6. The fourth-order valence-electron chi connectivity index (χ4n) is 3.12. The van der Waals surface area contributed by atoms with Crippen LogP contribution in [0.3, 0.4) is 0 Å². The number of piperazine rings is 1. The van der Waals surface area contributed by atoms with Gasteiger partial charge in [-0.15, -0.1) is 0 Å².